The highest BCUT2D eigenvalue weighted by atomic mass is 16.4. The number of nitrogens with one attached hydrogen (secondary N) is 3. The summed E-state index contributed by atoms with van der Waals surface area (Å²) in [4.78, 5) is 70.6. The van der Waals surface area contributed by atoms with Gasteiger partial charge in [0.15, 0.2) is 0 Å². The lowest BCUT2D eigenvalue weighted by atomic mass is 10.0. The Balaban J connectivity index is 3.13. The molecule has 0 spiro atoms. The zero-order valence-corrected chi connectivity index (χ0v) is 18.2. The Hall–Kier alpha value is -4.24. The number of benzene rings is 1. The van der Waals surface area contributed by atoms with Crippen molar-refractivity contribution >= 4 is 35.6 Å². The van der Waals surface area contributed by atoms with Crippen molar-refractivity contribution in [3.8, 4) is 5.75 Å². The third-order valence-corrected chi connectivity index (χ3v) is 4.55. The maximum Gasteiger partial charge on any atom is 0.328 e. The number of aromatic hydroxyl groups is 1. The molecule has 35 heavy (non-hydrogen) atoms. The van der Waals surface area contributed by atoms with Gasteiger partial charge in [0.05, 0.1) is 25.5 Å². The van der Waals surface area contributed by atoms with E-state index in [9.17, 15) is 33.9 Å². The van der Waals surface area contributed by atoms with E-state index in [-0.39, 0.29) is 12.2 Å². The van der Waals surface area contributed by atoms with Crippen LogP contribution in [0.4, 0.5) is 0 Å². The fraction of sp³-hybridized carbons (Fsp3) is 0.400. The molecule has 4 atom stereocenters. The molecule has 0 saturated carbocycles. The van der Waals surface area contributed by atoms with E-state index in [1.165, 1.54) is 24.3 Å². The van der Waals surface area contributed by atoms with Crippen molar-refractivity contribution in [3.63, 3.8) is 0 Å². The molecule has 0 bridgehead atoms. The summed E-state index contributed by atoms with van der Waals surface area (Å²) in [6, 6.07) is -1.16. The van der Waals surface area contributed by atoms with Crippen LogP contribution in [0.15, 0.2) is 24.3 Å². The first-order valence-corrected chi connectivity index (χ1v) is 10.1. The Morgan fingerprint density at radius 1 is 0.743 bits per heavy atom. The Bertz CT molecular complexity index is 951. The van der Waals surface area contributed by atoms with Gasteiger partial charge in [-0.25, -0.2) is 4.79 Å². The fourth-order valence-electron chi connectivity index (χ4n) is 2.75. The molecule has 192 valence electrons. The summed E-state index contributed by atoms with van der Waals surface area (Å²) in [5, 5.41) is 51.7. The second-order valence-corrected chi connectivity index (χ2v) is 7.38. The van der Waals surface area contributed by atoms with Gasteiger partial charge in [-0.15, -0.1) is 0 Å². The highest BCUT2D eigenvalue weighted by Gasteiger charge is 2.31. The number of hydrogen-bond donors (Lipinski definition) is 9. The van der Waals surface area contributed by atoms with Crippen molar-refractivity contribution in [2.24, 2.45) is 5.73 Å². The second kappa shape index (κ2) is 13.5. The number of carbonyl (C=O) groups excluding carboxylic acids is 3. The first-order chi connectivity index (χ1) is 16.3. The van der Waals surface area contributed by atoms with Crippen molar-refractivity contribution in [2.75, 3.05) is 6.61 Å². The lowest BCUT2D eigenvalue weighted by Gasteiger charge is -2.24. The maximum atomic E-state index is 12.8. The van der Waals surface area contributed by atoms with Gasteiger partial charge in [-0.05, 0) is 17.7 Å². The number of hydrogen-bond acceptors (Lipinski definition) is 9. The summed E-state index contributed by atoms with van der Waals surface area (Å²) in [5.41, 5.74) is 5.83. The number of amides is 3. The number of rotatable bonds is 14. The molecule has 4 unspecified atom stereocenters. The van der Waals surface area contributed by atoms with Crippen LogP contribution in [-0.4, -0.2) is 91.9 Å². The standard InChI is InChI=1S/C20H26N4O11/c21-11(6-15(27)28)17(31)22-13(7-16(29)30)19(33)23-12(5-9-1-3-10(26)4-2-9)18(32)24-14(8-25)20(34)35/h1-4,11-14,25-26H,5-8,21H2,(H,22,31)(H,23,33)(H,24,32)(H,27,28)(H,29,30)(H,34,35). The van der Waals surface area contributed by atoms with Crippen LogP contribution >= 0.6 is 0 Å². The Labute approximate surface area is 197 Å². The zero-order chi connectivity index (χ0) is 26.7. The molecular formula is C20H26N4O11. The van der Waals surface area contributed by atoms with Gasteiger partial charge in [0.1, 0.15) is 23.9 Å². The van der Waals surface area contributed by atoms with Crippen molar-refractivity contribution in [3.05, 3.63) is 29.8 Å². The highest BCUT2D eigenvalue weighted by molar-refractivity contribution is 5.96. The first-order valence-electron chi connectivity index (χ1n) is 10.1. The number of aliphatic carboxylic acids is 3. The maximum absolute atomic E-state index is 12.8. The average Bonchev–Trinajstić information content (AvgIpc) is 2.76. The first kappa shape index (κ1) is 28.8. The molecule has 1 rings (SSSR count). The van der Waals surface area contributed by atoms with Crippen LogP contribution in [0.5, 0.6) is 5.75 Å². The Kier molecular flexibility index (Phi) is 11.1. The zero-order valence-electron chi connectivity index (χ0n) is 18.2. The van der Waals surface area contributed by atoms with Crippen molar-refractivity contribution in [1.82, 2.24) is 16.0 Å². The molecule has 0 aliphatic heterocycles. The van der Waals surface area contributed by atoms with E-state index < -0.39 is 79.2 Å². The largest absolute Gasteiger partial charge is 0.508 e. The normalized spacial score (nSPS) is 14.0. The lowest BCUT2D eigenvalue weighted by Crippen LogP contribution is -2.58. The van der Waals surface area contributed by atoms with Crippen LogP contribution in [0.25, 0.3) is 0 Å². The Morgan fingerprint density at radius 3 is 1.71 bits per heavy atom. The third kappa shape index (κ3) is 10.1. The molecule has 15 nitrogen and oxygen atoms in total. The summed E-state index contributed by atoms with van der Waals surface area (Å²) < 4.78 is 0. The molecule has 10 N–H and O–H groups in total. The number of carboxylic acid groups (broad SMARTS) is 3. The van der Waals surface area contributed by atoms with E-state index in [0.29, 0.717) is 5.56 Å². The van der Waals surface area contributed by atoms with Crippen LogP contribution in [-0.2, 0) is 35.2 Å². The molecule has 0 saturated heterocycles. The molecule has 0 aliphatic carbocycles. The van der Waals surface area contributed by atoms with Crippen LogP contribution < -0.4 is 21.7 Å². The van der Waals surface area contributed by atoms with Crippen molar-refractivity contribution < 1.29 is 54.3 Å². The molecule has 0 radical (unpaired) electrons. The van der Waals surface area contributed by atoms with Crippen LogP contribution in [0.2, 0.25) is 0 Å². The summed E-state index contributed by atoms with van der Waals surface area (Å²) in [5.74, 6) is -7.89. The minimum atomic E-state index is -1.76. The molecule has 0 fully saturated rings. The van der Waals surface area contributed by atoms with Crippen molar-refractivity contribution in [1.29, 1.82) is 0 Å². The number of aliphatic hydroxyl groups excluding tert-OH is 1. The average molecular weight is 498 g/mol. The van der Waals surface area contributed by atoms with E-state index in [0.717, 1.165) is 0 Å². The van der Waals surface area contributed by atoms with Crippen LogP contribution in [0.3, 0.4) is 0 Å². The van der Waals surface area contributed by atoms with E-state index in [1.54, 1.807) is 0 Å². The number of nitrogens with two attached hydrogens (primary N) is 1. The number of carbonyl (C=O) groups is 6. The Morgan fingerprint density at radius 2 is 1.23 bits per heavy atom. The SMILES string of the molecule is NC(CC(=O)O)C(=O)NC(CC(=O)O)C(=O)NC(Cc1ccc(O)cc1)C(=O)NC(CO)C(=O)O. The van der Waals surface area contributed by atoms with Gasteiger partial charge >= 0.3 is 17.9 Å². The fourth-order valence-corrected chi connectivity index (χ4v) is 2.75. The summed E-state index contributed by atoms with van der Waals surface area (Å²) in [6.07, 6.45) is -1.99. The molecule has 15 heteroatoms. The molecule has 0 aliphatic rings. The van der Waals surface area contributed by atoms with Crippen LogP contribution in [0, 0.1) is 0 Å². The molecule has 3 amide bonds. The minimum absolute atomic E-state index is 0.0908. The smallest absolute Gasteiger partial charge is 0.328 e. The predicted molar refractivity (Wildman–Crippen MR) is 115 cm³/mol. The highest BCUT2D eigenvalue weighted by Crippen LogP contribution is 2.12. The molecule has 0 aromatic heterocycles. The number of carboxylic acids is 3. The summed E-state index contributed by atoms with van der Waals surface area (Å²) >= 11 is 0. The van der Waals surface area contributed by atoms with E-state index in [4.69, 9.17) is 26.2 Å². The summed E-state index contributed by atoms with van der Waals surface area (Å²) in [7, 11) is 0. The van der Waals surface area contributed by atoms with Gasteiger partial charge < -0.3 is 47.2 Å². The predicted octanol–water partition coefficient (Wildman–Crippen LogP) is -3.26. The number of phenolic OH excluding ortho intramolecular Hbond substituents is 1. The third-order valence-electron chi connectivity index (χ3n) is 4.55. The van der Waals surface area contributed by atoms with Gasteiger partial charge in [-0.2, -0.15) is 0 Å². The molecule has 0 heterocycles. The quantitative estimate of drug-likeness (QED) is 0.122. The van der Waals surface area contributed by atoms with Gasteiger partial charge in [0.25, 0.3) is 0 Å². The van der Waals surface area contributed by atoms with E-state index in [2.05, 4.69) is 5.32 Å². The monoisotopic (exact) mass is 498 g/mol. The molecule has 1 aromatic carbocycles. The van der Waals surface area contributed by atoms with E-state index >= 15 is 0 Å². The molecular weight excluding hydrogens is 472 g/mol. The summed E-state index contributed by atoms with van der Waals surface area (Å²) in [6.45, 7) is -0.958. The number of phenols is 1. The molecule has 1 aromatic rings. The van der Waals surface area contributed by atoms with Crippen LogP contribution in [0.1, 0.15) is 18.4 Å². The lowest BCUT2D eigenvalue weighted by molar-refractivity contribution is -0.144. The van der Waals surface area contributed by atoms with Gasteiger partial charge in [0.2, 0.25) is 17.7 Å². The topological polar surface area (TPSA) is 266 Å². The second-order valence-electron chi connectivity index (χ2n) is 7.38. The van der Waals surface area contributed by atoms with E-state index in [1.807, 2.05) is 10.6 Å². The van der Waals surface area contributed by atoms with Gasteiger partial charge in [-0.1, -0.05) is 12.1 Å². The number of aliphatic hydroxyl groups is 1. The van der Waals surface area contributed by atoms with Crippen molar-refractivity contribution in [2.45, 2.75) is 43.4 Å². The minimum Gasteiger partial charge on any atom is -0.508 e. The van der Waals surface area contributed by atoms with Gasteiger partial charge in [0, 0.05) is 6.42 Å². The van der Waals surface area contributed by atoms with Gasteiger partial charge in [-0.3, -0.25) is 24.0 Å².